The van der Waals surface area contributed by atoms with Crippen molar-refractivity contribution in [3.05, 3.63) is 65.6 Å². The molecule has 0 bridgehead atoms. The van der Waals surface area contributed by atoms with Crippen LogP contribution in [0.15, 0.2) is 31.8 Å². The van der Waals surface area contributed by atoms with Gasteiger partial charge < -0.3 is 25.1 Å². The SMILES string of the molecule is CC1CC(C)(C)Nc2c1cc1c(c2S(=O)(=O)O)Oc2c(S(=O)(=O)O)c3c(cc2=C1c1c(Cl)c(SCC(O)=[NH+]CCCCCC(=O)ON2C(=O)CCC2=O)c(Cl)c(Cl)c1C(=O)O)C(C)CC(C)(C)N=3. The number of halogens is 3. The van der Waals surface area contributed by atoms with Crippen molar-refractivity contribution in [2.75, 3.05) is 17.6 Å². The topological polar surface area (TPSA) is 278 Å². The molecule has 2 atom stereocenters. The van der Waals surface area contributed by atoms with Gasteiger partial charge in [0, 0.05) is 58.0 Å². The Morgan fingerprint density at radius 3 is 2.15 bits per heavy atom. The number of amides is 2. The van der Waals surface area contributed by atoms with E-state index in [9.17, 15) is 55.3 Å². The molecule has 2 unspecified atom stereocenters. The number of aliphatic hydroxyl groups excluding tert-OH is 1. The quantitative estimate of drug-likeness (QED) is 0.0159. The number of rotatable bonds is 14. The van der Waals surface area contributed by atoms with Gasteiger partial charge >= 0.3 is 17.8 Å². The molecule has 0 aromatic heterocycles. The lowest BCUT2D eigenvalue weighted by Crippen LogP contribution is -2.73. The Bertz CT molecular complexity index is 3110. The van der Waals surface area contributed by atoms with Crippen molar-refractivity contribution < 1.29 is 69.9 Å². The third kappa shape index (κ3) is 9.95. The minimum Gasteiger partial charge on any atom is -0.478 e. The van der Waals surface area contributed by atoms with Crippen LogP contribution in [0.5, 0.6) is 11.5 Å². The van der Waals surface area contributed by atoms with Crippen molar-refractivity contribution in [1.82, 2.24) is 5.06 Å². The van der Waals surface area contributed by atoms with Gasteiger partial charge in [0.25, 0.3) is 32.1 Å². The van der Waals surface area contributed by atoms with Crippen LogP contribution in [0.1, 0.15) is 137 Å². The standard InChI is InChI=1S/C44H47Cl3N4O14S3/c1-19-16-43(3,4)49-35-21(19)14-23-29(24-15-22-20(2)17-44(5,6)50-36(22)41(68(61,62)63)38(24)64-37(23)40(35)67(58,59)60)30-31(42(56)57)32(45)34(47)39(33(30)46)66-18-25(52)48-13-9-7-8-10-28(55)65-51-26(53)11-12-27(51)54/h14-15,19-20,49H,7-13,16-18H2,1-6H3,(H,48,52)(H,56,57)(H,58,59,60)(H,61,62,63)/p+1. The Labute approximate surface area is 410 Å². The number of anilines is 1. The van der Waals surface area contributed by atoms with Crippen molar-refractivity contribution >= 4 is 108 Å². The molecule has 1 saturated heterocycles. The summed E-state index contributed by atoms with van der Waals surface area (Å²) in [6, 6.07) is 3.07. The first-order valence-corrected chi connectivity index (χ1v) is 26.4. The van der Waals surface area contributed by atoms with E-state index in [1.54, 1.807) is 19.9 Å². The predicted molar refractivity (Wildman–Crippen MR) is 251 cm³/mol. The third-order valence-corrected chi connectivity index (χ3v) is 16.4. The zero-order chi connectivity index (χ0) is 50.2. The molecule has 4 aliphatic rings. The summed E-state index contributed by atoms with van der Waals surface area (Å²) in [5.74, 6) is -6.08. The second-order valence-corrected chi connectivity index (χ2v) is 23.3. The summed E-state index contributed by atoms with van der Waals surface area (Å²) in [4.78, 5) is 59.8. The number of carbonyl (C=O) groups is 4. The Hall–Kier alpha value is -4.48. The lowest BCUT2D eigenvalue weighted by Gasteiger charge is -2.40. The van der Waals surface area contributed by atoms with Gasteiger partial charge in [0.1, 0.15) is 12.3 Å². The Morgan fingerprint density at radius 1 is 0.897 bits per heavy atom. The molecule has 1 fully saturated rings. The number of nitrogens with one attached hydrogen (secondary N) is 2. The second-order valence-electron chi connectivity index (χ2n) is 18.5. The first-order chi connectivity index (χ1) is 31.5. The Morgan fingerprint density at radius 2 is 1.53 bits per heavy atom. The molecule has 0 aliphatic carbocycles. The zero-order valence-corrected chi connectivity index (χ0v) is 42.2. The number of aromatic carboxylic acids is 1. The van der Waals surface area contributed by atoms with Gasteiger partial charge in [0.15, 0.2) is 21.3 Å². The molecule has 4 heterocycles. The van der Waals surface area contributed by atoms with Crippen molar-refractivity contribution in [2.24, 2.45) is 4.99 Å². The van der Waals surface area contributed by atoms with E-state index in [1.807, 2.05) is 27.7 Å². The molecular formula is C44H48Cl3N4O14S3+. The van der Waals surface area contributed by atoms with Crippen molar-refractivity contribution in [3.63, 3.8) is 0 Å². The molecule has 6 N–H and O–H groups in total. The zero-order valence-electron chi connectivity index (χ0n) is 37.5. The normalized spacial score (nSPS) is 19.5. The number of thioether (sulfide) groups is 1. The Kier molecular flexibility index (Phi) is 14.1. The summed E-state index contributed by atoms with van der Waals surface area (Å²) >= 11 is 21.8. The number of hydroxylamine groups is 2. The van der Waals surface area contributed by atoms with Crippen molar-refractivity contribution in [3.8, 4) is 11.5 Å². The van der Waals surface area contributed by atoms with Gasteiger partial charge in [-0.1, -0.05) is 48.7 Å². The van der Waals surface area contributed by atoms with Crippen molar-refractivity contribution in [2.45, 2.75) is 131 Å². The highest BCUT2D eigenvalue weighted by Gasteiger charge is 2.43. The third-order valence-electron chi connectivity index (χ3n) is 12.0. The number of nitrogens with zero attached hydrogens (tertiary/aromatic N) is 2. The lowest BCUT2D eigenvalue weighted by atomic mass is 9.79. The van der Waals surface area contributed by atoms with Gasteiger partial charge in [-0.25, -0.2) is 14.6 Å². The van der Waals surface area contributed by atoms with E-state index in [1.165, 1.54) is 6.07 Å². The summed E-state index contributed by atoms with van der Waals surface area (Å²) in [7, 11) is -10.6. The molecule has 0 spiro atoms. The van der Waals surface area contributed by atoms with E-state index < -0.39 is 92.9 Å². The van der Waals surface area contributed by atoms with E-state index in [4.69, 9.17) is 49.4 Å². The van der Waals surface area contributed by atoms with Crippen LogP contribution in [-0.2, 0) is 39.5 Å². The first-order valence-electron chi connectivity index (χ1n) is 21.4. The fourth-order valence-corrected chi connectivity index (χ4v) is 13.0. The fourth-order valence-electron chi connectivity index (χ4n) is 9.37. The highest BCUT2D eigenvalue weighted by Crippen LogP contribution is 2.54. The van der Waals surface area contributed by atoms with E-state index in [0.717, 1.165) is 11.8 Å². The number of unbranched alkanes of at least 4 members (excludes halogenated alkanes) is 2. The molecule has 18 nitrogen and oxygen atoms in total. The molecule has 366 valence electrons. The second kappa shape index (κ2) is 18.7. The molecule has 7 rings (SSSR count). The lowest BCUT2D eigenvalue weighted by molar-refractivity contribution is -0.467. The molecule has 0 radical (unpaired) electrons. The molecular weight excluding hydrogens is 1010 g/mol. The van der Waals surface area contributed by atoms with Crippen LogP contribution in [-0.4, -0.2) is 94.2 Å². The summed E-state index contributed by atoms with van der Waals surface area (Å²) in [6.45, 7) is 11.0. The van der Waals surface area contributed by atoms with E-state index in [0.29, 0.717) is 48.3 Å². The van der Waals surface area contributed by atoms with Crippen LogP contribution in [0, 0.1) is 0 Å². The van der Waals surface area contributed by atoms with Crippen LogP contribution in [0.2, 0.25) is 15.1 Å². The minimum atomic E-state index is -5.31. The smallest absolute Gasteiger partial charge is 0.342 e. The van der Waals surface area contributed by atoms with E-state index in [-0.39, 0.29) is 91.3 Å². The number of imide groups is 1. The molecule has 2 amide bonds. The molecule has 4 aliphatic heterocycles. The largest absolute Gasteiger partial charge is 0.478 e. The van der Waals surface area contributed by atoms with Crippen LogP contribution in [0.3, 0.4) is 0 Å². The molecule has 0 saturated carbocycles. The first kappa shape index (κ1) is 51.4. The monoisotopic (exact) mass is 1060 g/mol. The van der Waals surface area contributed by atoms with Crippen LogP contribution in [0.4, 0.5) is 5.69 Å². The Balaban J connectivity index is 1.38. The number of hydrogen-bond acceptors (Lipinski definition) is 13. The summed E-state index contributed by atoms with van der Waals surface area (Å²) < 4.78 is 83.1. The maximum atomic E-state index is 13.7. The number of ether oxygens (including phenoxy) is 1. The van der Waals surface area contributed by atoms with Gasteiger partial charge in [0.05, 0.1) is 37.2 Å². The number of aliphatic hydroxyl groups is 1. The average Bonchev–Trinajstić information content (AvgIpc) is 3.51. The van der Waals surface area contributed by atoms with Gasteiger partial charge in [-0.2, -0.15) is 16.8 Å². The van der Waals surface area contributed by atoms with Gasteiger partial charge in [-0.15, -0.1) is 16.8 Å². The van der Waals surface area contributed by atoms with Crippen molar-refractivity contribution in [1.29, 1.82) is 0 Å². The number of carboxylic acids is 1. The van der Waals surface area contributed by atoms with Crippen LogP contribution >= 0.6 is 46.6 Å². The summed E-state index contributed by atoms with van der Waals surface area (Å²) in [5.41, 5.74) is -2.27. The van der Waals surface area contributed by atoms with Gasteiger partial charge in [-0.05, 0) is 88.5 Å². The van der Waals surface area contributed by atoms with E-state index in [2.05, 4.69) is 10.3 Å². The number of carboxylic acid groups (broad SMARTS) is 1. The summed E-state index contributed by atoms with van der Waals surface area (Å²) in [5, 5.41) is 24.0. The highest BCUT2D eigenvalue weighted by atomic mass is 35.5. The van der Waals surface area contributed by atoms with Gasteiger partial charge in [-0.3, -0.25) is 23.7 Å². The number of carbonyl (C=O) groups excluding carboxylic acids is 3. The number of hydrogen-bond donors (Lipinski definition) is 6. The molecule has 68 heavy (non-hydrogen) atoms. The molecule has 24 heteroatoms. The molecule has 3 aromatic carbocycles. The molecule has 3 aromatic rings. The van der Waals surface area contributed by atoms with E-state index >= 15 is 0 Å². The number of benzene rings is 3. The fraction of sp³-hybridized carbons (Fsp3) is 0.455. The predicted octanol–water partition coefficient (Wildman–Crippen LogP) is 6.09. The average molecular weight is 1060 g/mol. The van der Waals surface area contributed by atoms with Crippen LogP contribution < -0.4 is 25.6 Å². The minimum absolute atomic E-state index is 0.0241. The highest BCUT2D eigenvalue weighted by molar-refractivity contribution is 8.00. The van der Waals surface area contributed by atoms with Gasteiger partial charge in [0.2, 0.25) is 0 Å². The maximum Gasteiger partial charge on any atom is 0.342 e. The number of fused-ring (bicyclic) bond motifs is 4. The van der Waals surface area contributed by atoms with Crippen LogP contribution in [0.25, 0.3) is 5.57 Å². The summed E-state index contributed by atoms with van der Waals surface area (Å²) in [6.07, 6.45) is 2.08. The maximum absolute atomic E-state index is 13.7.